The lowest BCUT2D eigenvalue weighted by atomic mass is 10.1. The molecule has 0 aliphatic carbocycles. The van der Waals surface area contributed by atoms with Crippen molar-refractivity contribution in [3.05, 3.63) is 42.0 Å². The molecule has 4 heteroatoms. The van der Waals surface area contributed by atoms with Crippen molar-refractivity contribution in [3.8, 4) is 5.75 Å². The van der Waals surface area contributed by atoms with Crippen molar-refractivity contribution >= 4 is 5.97 Å². The van der Waals surface area contributed by atoms with Crippen LogP contribution in [0.15, 0.2) is 30.9 Å². The minimum absolute atomic E-state index is 0.0978. The van der Waals surface area contributed by atoms with E-state index in [1.165, 1.54) is 12.1 Å². The van der Waals surface area contributed by atoms with Crippen LogP contribution in [-0.4, -0.2) is 22.8 Å². The van der Waals surface area contributed by atoms with Gasteiger partial charge in [0, 0.05) is 0 Å². The first-order chi connectivity index (χ1) is 7.17. The van der Waals surface area contributed by atoms with Crippen LogP contribution in [0.4, 0.5) is 0 Å². The van der Waals surface area contributed by atoms with Gasteiger partial charge in [-0.25, -0.2) is 4.79 Å². The molecule has 0 radical (unpaired) electrons. The highest BCUT2D eigenvalue weighted by Gasteiger charge is 2.07. The van der Waals surface area contributed by atoms with Gasteiger partial charge in [0.1, 0.15) is 12.4 Å². The zero-order chi connectivity index (χ0) is 11.3. The molecule has 0 bridgehead atoms. The number of ether oxygens (including phenoxy) is 1. The van der Waals surface area contributed by atoms with Gasteiger partial charge in [-0.3, -0.25) is 0 Å². The van der Waals surface area contributed by atoms with E-state index in [0.29, 0.717) is 17.9 Å². The lowest BCUT2D eigenvalue weighted by Crippen LogP contribution is -2.01. The molecule has 0 spiro atoms. The summed E-state index contributed by atoms with van der Waals surface area (Å²) in [5.74, 6) is -0.632. The molecular weight excluding hydrogens is 196 g/mol. The maximum atomic E-state index is 10.7. The molecule has 0 saturated heterocycles. The lowest BCUT2D eigenvalue weighted by Gasteiger charge is -2.06. The van der Waals surface area contributed by atoms with E-state index in [2.05, 4.69) is 6.58 Å². The fourth-order valence-electron chi connectivity index (χ4n) is 1.11. The first-order valence-corrected chi connectivity index (χ1v) is 4.39. The highest BCUT2D eigenvalue weighted by molar-refractivity contribution is 5.88. The third kappa shape index (κ3) is 3.11. The minimum atomic E-state index is -1.05. The standard InChI is InChI=1S/C11H12O4/c1-2-3-15-10-5-8(7-12)4-9(6-10)11(13)14/h2,4-6,12H,1,3,7H2,(H,13,14). The number of benzene rings is 1. The van der Waals surface area contributed by atoms with Gasteiger partial charge in [-0.05, 0) is 23.8 Å². The second kappa shape index (κ2) is 5.17. The van der Waals surface area contributed by atoms with Gasteiger partial charge in [0.25, 0.3) is 0 Å². The van der Waals surface area contributed by atoms with Crippen LogP contribution < -0.4 is 4.74 Å². The van der Waals surface area contributed by atoms with Crippen LogP contribution in [0.2, 0.25) is 0 Å². The molecule has 0 amide bonds. The van der Waals surface area contributed by atoms with Crippen molar-refractivity contribution in [2.45, 2.75) is 6.61 Å². The highest BCUT2D eigenvalue weighted by Crippen LogP contribution is 2.17. The van der Waals surface area contributed by atoms with E-state index in [9.17, 15) is 4.79 Å². The summed E-state index contributed by atoms with van der Waals surface area (Å²) in [6.07, 6.45) is 1.56. The SMILES string of the molecule is C=CCOc1cc(CO)cc(C(=O)O)c1. The summed E-state index contributed by atoms with van der Waals surface area (Å²) in [6.45, 7) is 3.57. The fraction of sp³-hybridized carbons (Fsp3) is 0.182. The first-order valence-electron chi connectivity index (χ1n) is 4.39. The molecule has 0 atom stereocenters. The molecule has 0 unspecified atom stereocenters. The molecule has 0 aliphatic rings. The molecule has 15 heavy (non-hydrogen) atoms. The number of carboxylic acid groups (broad SMARTS) is 1. The molecular formula is C11H12O4. The third-order valence-electron chi connectivity index (χ3n) is 1.76. The quantitative estimate of drug-likeness (QED) is 0.718. The fourth-order valence-corrected chi connectivity index (χ4v) is 1.11. The van der Waals surface area contributed by atoms with Gasteiger partial charge in [-0.2, -0.15) is 0 Å². The molecule has 2 N–H and O–H groups in total. The van der Waals surface area contributed by atoms with Crippen LogP contribution in [0.5, 0.6) is 5.75 Å². The molecule has 0 saturated carbocycles. The summed E-state index contributed by atoms with van der Waals surface area (Å²) >= 11 is 0. The second-order valence-electron chi connectivity index (χ2n) is 2.93. The Labute approximate surface area is 87.4 Å². The van der Waals surface area contributed by atoms with Crippen LogP contribution in [0.3, 0.4) is 0 Å². The van der Waals surface area contributed by atoms with Gasteiger partial charge in [-0.1, -0.05) is 12.7 Å². The Morgan fingerprint density at radius 2 is 2.20 bits per heavy atom. The summed E-state index contributed by atoms with van der Waals surface area (Å²) in [7, 11) is 0. The monoisotopic (exact) mass is 208 g/mol. The van der Waals surface area contributed by atoms with E-state index >= 15 is 0 Å². The normalized spacial score (nSPS) is 9.67. The number of aromatic carboxylic acids is 1. The van der Waals surface area contributed by atoms with Crippen LogP contribution in [0.25, 0.3) is 0 Å². The van der Waals surface area contributed by atoms with Gasteiger partial charge in [0.15, 0.2) is 0 Å². The predicted molar refractivity (Wildman–Crippen MR) is 55.0 cm³/mol. The topological polar surface area (TPSA) is 66.8 Å². The molecule has 0 aliphatic heterocycles. The number of hydrogen-bond acceptors (Lipinski definition) is 3. The molecule has 4 nitrogen and oxygen atoms in total. The summed E-state index contributed by atoms with van der Waals surface area (Å²) < 4.78 is 5.20. The molecule has 1 rings (SSSR count). The van der Waals surface area contributed by atoms with E-state index in [1.807, 2.05) is 0 Å². The summed E-state index contributed by atoms with van der Waals surface area (Å²) in [6, 6.07) is 4.41. The Balaban J connectivity index is 2.99. The van der Waals surface area contributed by atoms with E-state index in [0.717, 1.165) is 0 Å². The maximum absolute atomic E-state index is 10.7. The Morgan fingerprint density at radius 1 is 1.47 bits per heavy atom. The van der Waals surface area contributed by atoms with E-state index < -0.39 is 5.97 Å². The average Bonchev–Trinajstić information content (AvgIpc) is 2.25. The van der Waals surface area contributed by atoms with Crippen LogP contribution in [-0.2, 0) is 6.61 Å². The lowest BCUT2D eigenvalue weighted by molar-refractivity contribution is 0.0696. The van der Waals surface area contributed by atoms with Crippen molar-refractivity contribution in [2.75, 3.05) is 6.61 Å². The molecule has 0 heterocycles. The molecule has 1 aromatic rings. The van der Waals surface area contributed by atoms with Crippen molar-refractivity contribution in [1.82, 2.24) is 0 Å². The molecule has 1 aromatic carbocycles. The minimum Gasteiger partial charge on any atom is -0.490 e. The number of aliphatic hydroxyl groups excluding tert-OH is 1. The zero-order valence-electron chi connectivity index (χ0n) is 8.14. The Hall–Kier alpha value is -1.81. The average molecular weight is 208 g/mol. The molecule has 80 valence electrons. The maximum Gasteiger partial charge on any atom is 0.335 e. The highest BCUT2D eigenvalue weighted by atomic mass is 16.5. The van der Waals surface area contributed by atoms with Gasteiger partial charge >= 0.3 is 5.97 Å². The van der Waals surface area contributed by atoms with Crippen molar-refractivity contribution in [1.29, 1.82) is 0 Å². The smallest absolute Gasteiger partial charge is 0.335 e. The first kappa shape index (κ1) is 11.3. The van der Waals surface area contributed by atoms with Crippen LogP contribution in [0, 0.1) is 0 Å². The Bertz CT molecular complexity index is 371. The Morgan fingerprint density at radius 3 is 2.73 bits per heavy atom. The number of aliphatic hydroxyl groups is 1. The number of carbonyl (C=O) groups is 1. The van der Waals surface area contributed by atoms with Crippen molar-refractivity contribution < 1.29 is 19.7 Å². The van der Waals surface area contributed by atoms with Gasteiger partial charge in [-0.15, -0.1) is 0 Å². The number of rotatable bonds is 5. The van der Waals surface area contributed by atoms with Crippen LogP contribution in [0.1, 0.15) is 15.9 Å². The molecule has 0 aromatic heterocycles. The van der Waals surface area contributed by atoms with Gasteiger partial charge in [0.05, 0.1) is 12.2 Å². The predicted octanol–water partition coefficient (Wildman–Crippen LogP) is 1.44. The summed E-state index contributed by atoms with van der Waals surface area (Å²) in [4.78, 5) is 10.7. The number of hydrogen-bond donors (Lipinski definition) is 2. The third-order valence-corrected chi connectivity index (χ3v) is 1.76. The van der Waals surface area contributed by atoms with Crippen molar-refractivity contribution in [3.63, 3.8) is 0 Å². The van der Waals surface area contributed by atoms with Gasteiger partial charge < -0.3 is 14.9 Å². The van der Waals surface area contributed by atoms with E-state index in [1.54, 1.807) is 12.1 Å². The Kier molecular flexibility index (Phi) is 3.88. The summed E-state index contributed by atoms with van der Waals surface area (Å²) in [5.41, 5.74) is 0.606. The van der Waals surface area contributed by atoms with E-state index in [4.69, 9.17) is 14.9 Å². The van der Waals surface area contributed by atoms with Crippen molar-refractivity contribution in [2.24, 2.45) is 0 Å². The zero-order valence-corrected chi connectivity index (χ0v) is 8.14. The molecule has 0 fully saturated rings. The summed E-state index contributed by atoms with van der Waals surface area (Å²) in [5, 5.41) is 17.7. The van der Waals surface area contributed by atoms with Gasteiger partial charge in [0.2, 0.25) is 0 Å². The second-order valence-corrected chi connectivity index (χ2v) is 2.93. The van der Waals surface area contributed by atoms with Crippen LogP contribution >= 0.6 is 0 Å². The largest absolute Gasteiger partial charge is 0.490 e. The van der Waals surface area contributed by atoms with E-state index in [-0.39, 0.29) is 12.2 Å². The number of carboxylic acids is 1.